The quantitative estimate of drug-likeness (QED) is 0.384. The Kier molecular flexibility index (Phi) is 5.43. The predicted molar refractivity (Wildman–Crippen MR) is 116 cm³/mol. The number of H-pyrrole nitrogens is 1. The van der Waals surface area contributed by atoms with Crippen LogP contribution in [0.5, 0.6) is 23.0 Å². The van der Waals surface area contributed by atoms with Crippen LogP contribution in [0.1, 0.15) is 32.1 Å². The lowest BCUT2D eigenvalue weighted by Crippen LogP contribution is -2.13. The lowest BCUT2D eigenvalue weighted by molar-refractivity contribution is 0.101. The maximum absolute atomic E-state index is 13.3. The van der Waals surface area contributed by atoms with Crippen LogP contribution >= 0.6 is 0 Å². The molecule has 3 N–H and O–H groups in total. The number of phenolic OH excluding ortho intramolecular Hbond substituents is 2. The van der Waals surface area contributed by atoms with Crippen molar-refractivity contribution in [1.82, 2.24) is 9.55 Å². The molecule has 4 rings (SSSR count). The number of rotatable bonds is 7. The number of nitrogens with one attached hydrogen (secondary N) is 1. The summed E-state index contributed by atoms with van der Waals surface area (Å²) in [6.45, 7) is 0. The number of benzene rings is 2. The summed E-state index contributed by atoms with van der Waals surface area (Å²) in [6.07, 6.45) is 3.28. The minimum Gasteiger partial charge on any atom is -0.508 e. The number of aromatic nitrogens is 2. The van der Waals surface area contributed by atoms with E-state index in [1.54, 1.807) is 35.2 Å². The molecule has 2 heterocycles. The third kappa shape index (κ3) is 3.58. The number of carbonyl (C=O) groups excluding carboxylic acids is 2. The second-order valence-electron chi connectivity index (χ2n) is 6.93. The number of nitrogens with zero attached hydrogens (tertiary/aromatic N) is 1. The standard InChI is InChI=1S/C24H20N2O6/c1-31-20-12-14(27)5-7-16(20)23(29)19-4-3-11-26(19)18-9-10-25-22(18)24(30)17-8-6-15(28)13-21(17)32-2/h3-13,25,27-28H,1-2H3. The SMILES string of the molecule is COc1cc(O)ccc1C(=O)c1[nH]ccc1-n1cccc1C(=O)c1ccc(O)cc1OC. The normalized spacial score (nSPS) is 10.7. The van der Waals surface area contributed by atoms with Gasteiger partial charge in [0.1, 0.15) is 28.7 Å². The van der Waals surface area contributed by atoms with Crippen LogP contribution < -0.4 is 9.47 Å². The molecule has 0 aliphatic rings. The van der Waals surface area contributed by atoms with Gasteiger partial charge in [0.2, 0.25) is 11.6 Å². The Morgan fingerprint density at radius 3 is 2.03 bits per heavy atom. The number of carbonyl (C=O) groups is 2. The molecular weight excluding hydrogens is 412 g/mol. The summed E-state index contributed by atoms with van der Waals surface area (Å²) in [4.78, 5) is 29.5. The zero-order valence-corrected chi connectivity index (χ0v) is 17.3. The first-order valence-corrected chi connectivity index (χ1v) is 9.63. The Balaban J connectivity index is 1.77. The van der Waals surface area contributed by atoms with Crippen molar-refractivity contribution in [2.75, 3.05) is 14.2 Å². The van der Waals surface area contributed by atoms with Crippen LogP contribution in [-0.4, -0.2) is 45.6 Å². The molecule has 0 bridgehead atoms. The third-order valence-corrected chi connectivity index (χ3v) is 5.05. The van der Waals surface area contributed by atoms with E-state index in [1.807, 2.05) is 0 Å². The first kappa shape index (κ1) is 20.8. The number of hydrogen-bond donors (Lipinski definition) is 3. The van der Waals surface area contributed by atoms with E-state index in [0.29, 0.717) is 11.4 Å². The molecule has 0 atom stereocenters. The molecule has 2 aromatic heterocycles. The van der Waals surface area contributed by atoms with E-state index in [0.717, 1.165) is 0 Å². The minimum atomic E-state index is -0.365. The third-order valence-electron chi connectivity index (χ3n) is 5.05. The van der Waals surface area contributed by atoms with Crippen molar-refractivity contribution in [1.29, 1.82) is 0 Å². The molecule has 0 radical (unpaired) electrons. The van der Waals surface area contributed by atoms with Crippen molar-refractivity contribution in [2.24, 2.45) is 0 Å². The Morgan fingerprint density at radius 2 is 1.44 bits per heavy atom. The van der Waals surface area contributed by atoms with Crippen LogP contribution in [0.4, 0.5) is 0 Å². The molecule has 0 spiro atoms. The summed E-state index contributed by atoms with van der Waals surface area (Å²) >= 11 is 0. The second kappa shape index (κ2) is 8.35. The molecule has 2 aromatic carbocycles. The molecule has 0 saturated carbocycles. The topological polar surface area (TPSA) is 114 Å². The lowest BCUT2D eigenvalue weighted by Gasteiger charge is -2.13. The number of aromatic hydroxyl groups is 2. The number of phenols is 2. The molecule has 4 aromatic rings. The van der Waals surface area contributed by atoms with Crippen molar-refractivity contribution in [2.45, 2.75) is 0 Å². The van der Waals surface area contributed by atoms with Crippen LogP contribution in [0.3, 0.4) is 0 Å². The number of ether oxygens (including phenoxy) is 2. The Hall–Kier alpha value is -4.46. The van der Waals surface area contributed by atoms with Gasteiger partial charge in [-0.1, -0.05) is 0 Å². The van der Waals surface area contributed by atoms with Crippen LogP contribution in [0.2, 0.25) is 0 Å². The summed E-state index contributed by atoms with van der Waals surface area (Å²) < 4.78 is 12.1. The molecule has 8 nitrogen and oxygen atoms in total. The average Bonchev–Trinajstić information content (AvgIpc) is 3.47. The van der Waals surface area contributed by atoms with Gasteiger partial charge < -0.3 is 29.2 Å². The van der Waals surface area contributed by atoms with Gasteiger partial charge in [0.05, 0.1) is 36.7 Å². The van der Waals surface area contributed by atoms with Gasteiger partial charge in [0, 0.05) is 24.5 Å². The van der Waals surface area contributed by atoms with Crippen molar-refractivity contribution >= 4 is 11.6 Å². The summed E-state index contributed by atoms with van der Waals surface area (Å²) in [6, 6.07) is 13.5. The molecule has 8 heteroatoms. The molecule has 0 saturated heterocycles. The fourth-order valence-corrected chi connectivity index (χ4v) is 3.53. The first-order valence-electron chi connectivity index (χ1n) is 9.63. The number of aromatic amines is 1. The zero-order valence-electron chi connectivity index (χ0n) is 17.3. The molecular formula is C24H20N2O6. The fourth-order valence-electron chi connectivity index (χ4n) is 3.53. The lowest BCUT2D eigenvalue weighted by atomic mass is 10.0. The second-order valence-corrected chi connectivity index (χ2v) is 6.93. The number of ketones is 2. The van der Waals surface area contributed by atoms with Gasteiger partial charge in [-0.15, -0.1) is 0 Å². The van der Waals surface area contributed by atoms with E-state index in [2.05, 4.69) is 4.98 Å². The van der Waals surface area contributed by atoms with Gasteiger partial charge in [-0.25, -0.2) is 0 Å². The smallest absolute Gasteiger partial charge is 0.215 e. The molecule has 0 amide bonds. The maximum Gasteiger partial charge on any atom is 0.215 e. The Bertz CT molecular complexity index is 1220. The zero-order chi connectivity index (χ0) is 22.8. The van der Waals surface area contributed by atoms with Crippen molar-refractivity contribution in [3.8, 4) is 28.7 Å². The fraction of sp³-hybridized carbons (Fsp3) is 0.0833. The monoisotopic (exact) mass is 432 g/mol. The van der Waals surface area contributed by atoms with Crippen molar-refractivity contribution in [3.05, 3.63) is 89.5 Å². The summed E-state index contributed by atoms with van der Waals surface area (Å²) in [5.74, 6) is -0.277. The van der Waals surface area contributed by atoms with Gasteiger partial charge in [-0.05, 0) is 42.5 Å². The highest BCUT2D eigenvalue weighted by Crippen LogP contribution is 2.30. The van der Waals surface area contributed by atoms with Gasteiger partial charge in [0.15, 0.2) is 0 Å². The van der Waals surface area contributed by atoms with E-state index < -0.39 is 0 Å². The van der Waals surface area contributed by atoms with Crippen LogP contribution in [0, 0.1) is 0 Å². The molecule has 0 unspecified atom stereocenters. The van der Waals surface area contributed by atoms with Gasteiger partial charge in [-0.3, -0.25) is 9.59 Å². The van der Waals surface area contributed by atoms with E-state index >= 15 is 0 Å². The summed E-state index contributed by atoms with van der Waals surface area (Å²) in [7, 11) is 2.83. The highest BCUT2D eigenvalue weighted by Gasteiger charge is 2.24. The molecule has 162 valence electrons. The minimum absolute atomic E-state index is 0.0184. The van der Waals surface area contributed by atoms with Crippen LogP contribution in [0.25, 0.3) is 5.69 Å². The summed E-state index contributed by atoms with van der Waals surface area (Å²) in [5.41, 5.74) is 1.55. The van der Waals surface area contributed by atoms with E-state index in [1.165, 1.54) is 50.6 Å². The Morgan fingerprint density at radius 1 is 0.844 bits per heavy atom. The predicted octanol–water partition coefficient (Wildman–Crippen LogP) is 3.70. The van der Waals surface area contributed by atoms with Crippen molar-refractivity contribution in [3.63, 3.8) is 0 Å². The van der Waals surface area contributed by atoms with E-state index in [4.69, 9.17) is 9.47 Å². The number of hydrogen-bond acceptors (Lipinski definition) is 6. The highest BCUT2D eigenvalue weighted by atomic mass is 16.5. The summed E-state index contributed by atoms with van der Waals surface area (Å²) in [5, 5.41) is 19.4. The van der Waals surface area contributed by atoms with Gasteiger partial charge in [-0.2, -0.15) is 0 Å². The highest BCUT2D eigenvalue weighted by molar-refractivity contribution is 6.13. The first-order chi connectivity index (χ1) is 15.4. The number of methoxy groups -OCH3 is 2. The van der Waals surface area contributed by atoms with Crippen molar-refractivity contribution < 1.29 is 29.3 Å². The van der Waals surface area contributed by atoms with Gasteiger partial charge in [0.25, 0.3) is 0 Å². The maximum atomic E-state index is 13.3. The van der Waals surface area contributed by atoms with E-state index in [9.17, 15) is 19.8 Å². The molecule has 0 aliphatic heterocycles. The molecule has 32 heavy (non-hydrogen) atoms. The molecule has 0 aliphatic carbocycles. The van der Waals surface area contributed by atoms with Crippen LogP contribution in [-0.2, 0) is 0 Å². The van der Waals surface area contributed by atoms with Gasteiger partial charge >= 0.3 is 0 Å². The van der Waals surface area contributed by atoms with Crippen LogP contribution in [0.15, 0.2) is 67.0 Å². The molecule has 0 fully saturated rings. The largest absolute Gasteiger partial charge is 0.508 e. The average molecular weight is 432 g/mol. The van der Waals surface area contributed by atoms with E-state index in [-0.39, 0.29) is 51.4 Å². The Labute approximate surface area is 183 Å².